The third-order valence-corrected chi connectivity index (χ3v) is 4.91. The zero-order valence-electron chi connectivity index (χ0n) is 14.8. The van der Waals surface area contributed by atoms with Gasteiger partial charge >= 0.3 is 6.18 Å². The van der Waals surface area contributed by atoms with Crippen LogP contribution in [0.3, 0.4) is 0 Å². The molecule has 0 saturated heterocycles. The van der Waals surface area contributed by atoms with Gasteiger partial charge in [0.15, 0.2) is 0 Å². The average Bonchev–Trinajstić information content (AvgIpc) is 2.61. The largest absolute Gasteiger partial charge is 0.416 e. The van der Waals surface area contributed by atoms with E-state index in [4.69, 9.17) is 0 Å². The molecule has 2 aromatic rings. The van der Waals surface area contributed by atoms with E-state index in [2.05, 4.69) is 5.32 Å². The fraction of sp³-hybridized carbons (Fsp3) is 0.316. The number of carbonyl (C=O) groups is 1. The summed E-state index contributed by atoms with van der Waals surface area (Å²) in [6.45, 7) is 2.14. The molecular formula is C19H21F3N2OS. The SMILES string of the molecule is CSc1ccccc1NC(=O)C(C)N(C)Cc1ccc(C(F)(F)F)cc1. The molecule has 1 atom stereocenters. The minimum Gasteiger partial charge on any atom is -0.324 e. The van der Waals surface area contributed by atoms with Crippen LogP contribution in [0.5, 0.6) is 0 Å². The highest BCUT2D eigenvalue weighted by Gasteiger charge is 2.30. The Labute approximate surface area is 155 Å². The van der Waals surface area contributed by atoms with E-state index in [0.717, 1.165) is 22.7 Å². The molecule has 1 amide bonds. The molecule has 1 N–H and O–H groups in total. The molecule has 0 aromatic heterocycles. The number of alkyl halides is 3. The molecule has 0 aliphatic rings. The predicted octanol–water partition coefficient (Wildman–Crippen LogP) is 4.89. The maximum absolute atomic E-state index is 12.6. The number of carbonyl (C=O) groups excluding carboxylic acids is 1. The second-order valence-corrected chi connectivity index (χ2v) is 6.82. The van der Waals surface area contributed by atoms with Gasteiger partial charge < -0.3 is 5.32 Å². The van der Waals surface area contributed by atoms with E-state index < -0.39 is 17.8 Å². The van der Waals surface area contributed by atoms with Gasteiger partial charge in [-0.05, 0) is 50.1 Å². The molecule has 0 bridgehead atoms. The summed E-state index contributed by atoms with van der Waals surface area (Å²) < 4.78 is 37.9. The number of hydrogen-bond donors (Lipinski definition) is 1. The van der Waals surface area contributed by atoms with Gasteiger partial charge in [0.25, 0.3) is 0 Å². The number of nitrogens with zero attached hydrogens (tertiary/aromatic N) is 1. The van der Waals surface area contributed by atoms with Gasteiger partial charge in [-0.15, -0.1) is 11.8 Å². The number of rotatable bonds is 6. The number of amides is 1. The average molecular weight is 382 g/mol. The van der Waals surface area contributed by atoms with Crippen LogP contribution >= 0.6 is 11.8 Å². The van der Waals surface area contributed by atoms with Crippen LogP contribution in [0.15, 0.2) is 53.4 Å². The first-order valence-electron chi connectivity index (χ1n) is 8.02. The summed E-state index contributed by atoms with van der Waals surface area (Å²) in [5.41, 5.74) is 0.785. The van der Waals surface area contributed by atoms with Crippen molar-refractivity contribution in [3.8, 4) is 0 Å². The normalized spacial score (nSPS) is 12.9. The van der Waals surface area contributed by atoms with Crippen molar-refractivity contribution >= 4 is 23.4 Å². The summed E-state index contributed by atoms with van der Waals surface area (Å²) in [6.07, 6.45) is -2.41. The monoisotopic (exact) mass is 382 g/mol. The van der Waals surface area contributed by atoms with Crippen molar-refractivity contribution in [2.45, 2.75) is 30.6 Å². The molecule has 0 saturated carbocycles. The number of halogens is 3. The Bertz CT molecular complexity index is 747. The summed E-state index contributed by atoms with van der Waals surface area (Å²) in [7, 11) is 1.77. The second-order valence-electron chi connectivity index (χ2n) is 5.98. The summed E-state index contributed by atoms with van der Waals surface area (Å²) in [5, 5.41) is 2.91. The van der Waals surface area contributed by atoms with E-state index in [9.17, 15) is 18.0 Å². The number of benzene rings is 2. The molecule has 26 heavy (non-hydrogen) atoms. The van der Waals surface area contributed by atoms with Gasteiger partial charge in [0.1, 0.15) is 0 Å². The van der Waals surface area contributed by atoms with E-state index in [-0.39, 0.29) is 5.91 Å². The van der Waals surface area contributed by atoms with Crippen LogP contribution in [0.4, 0.5) is 18.9 Å². The van der Waals surface area contributed by atoms with Gasteiger partial charge in [-0.1, -0.05) is 24.3 Å². The van der Waals surface area contributed by atoms with Crippen LogP contribution in [-0.2, 0) is 17.5 Å². The van der Waals surface area contributed by atoms with Crippen LogP contribution < -0.4 is 5.32 Å². The van der Waals surface area contributed by atoms with Crippen LogP contribution in [0.1, 0.15) is 18.1 Å². The smallest absolute Gasteiger partial charge is 0.324 e. The lowest BCUT2D eigenvalue weighted by molar-refractivity contribution is -0.137. The molecule has 2 aromatic carbocycles. The van der Waals surface area contributed by atoms with Crippen LogP contribution in [0.25, 0.3) is 0 Å². The number of hydrogen-bond acceptors (Lipinski definition) is 3. The van der Waals surface area contributed by atoms with Gasteiger partial charge in [0.2, 0.25) is 5.91 Å². The van der Waals surface area contributed by atoms with Crippen molar-refractivity contribution < 1.29 is 18.0 Å². The zero-order chi connectivity index (χ0) is 19.3. The molecular weight excluding hydrogens is 361 g/mol. The molecule has 140 valence electrons. The molecule has 0 spiro atoms. The molecule has 3 nitrogen and oxygen atoms in total. The van der Waals surface area contributed by atoms with E-state index in [1.165, 1.54) is 12.1 Å². The van der Waals surface area contributed by atoms with Crippen molar-refractivity contribution in [1.29, 1.82) is 0 Å². The summed E-state index contributed by atoms with van der Waals surface area (Å²) in [4.78, 5) is 15.2. The zero-order valence-corrected chi connectivity index (χ0v) is 15.6. The standard InChI is InChI=1S/C19H21F3N2OS/c1-13(18(25)23-16-6-4-5-7-17(16)26-3)24(2)12-14-8-10-15(11-9-14)19(20,21)22/h4-11,13H,12H2,1-3H3,(H,23,25). The van der Waals surface area contributed by atoms with Crippen molar-refractivity contribution in [3.63, 3.8) is 0 Å². The number of nitrogens with one attached hydrogen (secondary N) is 1. The van der Waals surface area contributed by atoms with Crippen molar-refractivity contribution in [3.05, 3.63) is 59.7 Å². The third kappa shape index (κ3) is 5.25. The third-order valence-electron chi connectivity index (χ3n) is 4.12. The molecule has 0 radical (unpaired) electrons. The van der Waals surface area contributed by atoms with E-state index in [1.54, 1.807) is 30.6 Å². The van der Waals surface area contributed by atoms with Gasteiger partial charge in [-0.3, -0.25) is 9.69 Å². The molecule has 7 heteroatoms. The van der Waals surface area contributed by atoms with E-state index >= 15 is 0 Å². The van der Waals surface area contributed by atoms with Gasteiger partial charge in [0.05, 0.1) is 17.3 Å². The highest BCUT2D eigenvalue weighted by molar-refractivity contribution is 7.98. The Balaban J connectivity index is 2.00. The quantitative estimate of drug-likeness (QED) is 0.722. The number of thioether (sulfide) groups is 1. The molecule has 2 rings (SSSR count). The molecule has 0 aliphatic carbocycles. The highest BCUT2D eigenvalue weighted by atomic mass is 32.2. The predicted molar refractivity (Wildman–Crippen MR) is 99.2 cm³/mol. The number of likely N-dealkylation sites (N-methyl/N-ethyl adjacent to an activating group) is 1. The van der Waals surface area contributed by atoms with Gasteiger partial charge in [-0.25, -0.2) is 0 Å². The van der Waals surface area contributed by atoms with Crippen LogP contribution in [-0.4, -0.2) is 30.2 Å². The van der Waals surface area contributed by atoms with Crippen molar-refractivity contribution in [1.82, 2.24) is 4.90 Å². The lowest BCUT2D eigenvalue weighted by Crippen LogP contribution is -2.39. The highest BCUT2D eigenvalue weighted by Crippen LogP contribution is 2.29. The first kappa shape index (κ1) is 20.3. The van der Waals surface area contributed by atoms with Crippen molar-refractivity contribution in [2.24, 2.45) is 0 Å². The summed E-state index contributed by atoms with van der Waals surface area (Å²) in [6, 6.07) is 12.1. The van der Waals surface area contributed by atoms with Gasteiger partial charge in [0, 0.05) is 11.4 Å². The van der Waals surface area contributed by atoms with E-state index in [1.807, 2.05) is 30.5 Å². The Morgan fingerprint density at radius 1 is 1.15 bits per heavy atom. The maximum atomic E-state index is 12.6. The Kier molecular flexibility index (Phi) is 6.72. The fourth-order valence-electron chi connectivity index (χ4n) is 2.41. The Morgan fingerprint density at radius 3 is 2.35 bits per heavy atom. The number of para-hydroxylation sites is 1. The maximum Gasteiger partial charge on any atom is 0.416 e. The van der Waals surface area contributed by atoms with Gasteiger partial charge in [-0.2, -0.15) is 13.2 Å². The van der Waals surface area contributed by atoms with Crippen LogP contribution in [0.2, 0.25) is 0 Å². The Hall–Kier alpha value is -1.99. The van der Waals surface area contributed by atoms with E-state index in [0.29, 0.717) is 12.1 Å². The lowest BCUT2D eigenvalue weighted by Gasteiger charge is -2.24. The molecule has 0 aliphatic heterocycles. The minimum absolute atomic E-state index is 0.166. The fourth-order valence-corrected chi connectivity index (χ4v) is 2.96. The summed E-state index contributed by atoms with van der Waals surface area (Å²) in [5.74, 6) is -0.166. The first-order valence-corrected chi connectivity index (χ1v) is 9.25. The van der Waals surface area contributed by atoms with Crippen molar-refractivity contribution in [2.75, 3.05) is 18.6 Å². The van der Waals surface area contributed by atoms with Crippen LogP contribution in [0, 0.1) is 0 Å². The minimum atomic E-state index is -4.34. The molecule has 0 heterocycles. The second kappa shape index (κ2) is 8.60. The molecule has 1 unspecified atom stereocenters. The molecule has 0 fully saturated rings. The summed E-state index contributed by atoms with van der Waals surface area (Å²) >= 11 is 1.54. The number of anilines is 1. The first-order chi connectivity index (χ1) is 12.2. The topological polar surface area (TPSA) is 32.3 Å². The Morgan fingerprint density at radius 2 is 1.77 bits per heavy atom. The lowest BCUT2D eigenvalue weighted by atomic mass is 10.1.